The third kappa shape index (κ3) is 8.39. The minimum atomic E-state index is 0.364. The van der Waals surface area contributed by atoms with Gasteiger partial charge in [-0.1, -0.05) is 51.0 Å². The SMILES string of the molecule is OCCCCCCCCCCCc1cccs1. The fraction of sp³-hybridized carbons (Fsp3) is 0.733. The van der Waals surface area contributed by atoms with Crippen LogP contribution in [0.15, 0.2) is 17.5 Å². The highest BCUT2D eigenvalue weighted by atomic mass is 32.1. The second-order valence-electron chi connectivity index (χ2n) is 4.73. The van der Waals surface area contributed by atoms with E-state index in [4.69, 9.17) is 5.11 Å². The van der Waals surface area contributed by atoms with Gasteiger partial charge >= 0.3 is 0 Å². The summed E-state index contributed by atoms with van der Waals surface area (Å²) in [6.45, 7) is 0.364. The Bertz CT molecular complexity index is 243. The second kappa shape index (κ2) is 10.8. The number of aliphatic hydroxyl groups excluding tert-OH is 1. The van der Waals surface area contributed by atoms with Gasteiger partial charge in [-0.15, -0.1) is 11.3 Å². The molecule has 1 rings (SSSR count). The van der Waals surface area contributed by atoms with Crippen LogP contribution in [0.4, 0.5) is 0 Å². The zero-order valence-corrected chi connectivity index (χ0v) is 11.7. The molecule has 0 aromatic carbocycles. The van der Waals surface area contributed by atoms with E-state index in [2.05, 4.69) is 17.5 Å². The van der Waals surface area contributed by atoms with E-state index < -0.39 is 0 Å². The topological polar surface area (TPSA) is 20.2 Å². The zero-order chi connectivity index (χ0) is 12.2. The lowest BCUT2D eigenvalue weighted by atomic mass is 10.1. The van der Waals surface area contributed by atoms with Crippen LogP contribution in [0, 0.1) is 0 Å². The summed E-state index contributed by atoms with van der Waals surface area (Å²) in [4.78, 5) is 1.54. The van der Waals surface area contributed by atoms with Crippen LogP contribution in [0.1, 0.15) is 62.7 Å². The first-order chi connectivity index (χ1) is 8.43. The van der Waals surface area contributed by atoms with Crippen LogP contribution in [-0.2, 0) is 6.42 Å². The zero-order valence-electron chi connectivity index (χ0n) is 10.9. The average molecular weight is 254 g/mol. The summed E-state index contributed by atoms with van der Waals surface area (Å²) in [5.74, 6) is 0. The molecule has 1 N–H and O–H groups in total. The van der Waals surface area contributed by atoms with Gasteiger partial charge in [0.05, 0.1) is 0 Å². The van der Waals surface area contributed by atoms with Crippen LogP contribution in [0.25, 0.3) is 0 Å². The molecule has 0 saturated heterocycles. The lowest BCUT2D eigenvalue weighted by Crippen LogP contribution is -1.85. The number of unbranched alkanes of at least 4 members (excludes halogenated alkanes) is 8. The molecule has 0 aliphatic rings. The standard InChI is InChI=1S/C15H26OS/c16-13-9-7-5-3-1-2-4-6-8-11-15-12-10-14-17-15/h10,12,14,16H,1-9,11,13H2. The van der Waals surface area contributed by atoms with Crippen molar-refractivity contribution in [3.63, 3.8) is 0 Å². The predicted octanol–water partition coefficient (Wildman–Crippen LogP) is 4.79. The van der Waals surface area contributed by atoms with Gasteiger partial charge in [0, 0.05) is 11.5 Å². The van der Waals surface area contributed by atoms with Crippen LogP contribution < -0.4 is 0 Å². The van der Waals surface area contributed by atoms with Crippen molar-refractivity contribution in [2.24, 2.45) is 0 Å². The van der Waals surface area contributed by atoms with Crippen LogP contribution in [0.3, 0.4) is 0 Å². The maximum absolute atomic E-state index is 8.65. The molecule has 0 saturated carbocycles. The van der Waals surface area contributed by atoms with Gasteiger partial charge in [-0.05, 0) is 30.7 Å². The van der Waals surface area contributed by atoms with Gasteiger partial charge in [0.15, 0.2) is 0 Å². The molecule has 0 unspecified atom stereocenters. The van der Waals surface area contributed by atoms with Crippen molar-refractivity contribution in [3.8, 4) is 0 Å². The maximum Gasteiger partial charge on any atom is 0.0431 e. The summed E-state index contributed by atoms with van der Waals surface area (Å²) in [5, 5.41) is 10.8. The first-order valence-electron chi connectivity index (χ1n) is 7.06. The monoisotopic (exact) mass is 254 g/mol. The highest BCUT2D eigenvalue weighted by molar-refractivity contribution is 7.09. The molecule has 1 aromatic rings. The molecule has 0 radical (unpaired) electrons. The summed E-state index contributed by atoms with van der Waals surface area (Å²) in [5.41, 5.74) is 0. The summed E-state index contributed by atoms with van der Waals surface area (Å²) >= 11 is 1.88. The molecular formula is C15H26OS. The summed E-state index contributed by atoms with van der Waals surface area (Å²) in [6, 6.07) is 4.39. The Labute approximate surface area is 110 Å². The summed E-state index contributed by atoms with van der Waals surface area (Å²) < 4.78 is 0. The van der Waals surface area contributed by atoms with E-state index in [1.807, 2.05) is 11.3 Å². The smallest absolute Gasteiger partial charge is 0.0431 e. The van der Waals surface area contributed by atoms with E-state index >= 15 is 0 Å². The molecule has 0 spiro atoms. The Hall–Kier alpha value is -0.340. The highest BCUT2D eigenvalue weighted by Crippen LogP contribution is 2.14. The number of aliphatic hydroxyl groups is 1. The third-order valence-electron chi connectivity index (χ3n) is 3.16. The Morgan fingerprint density at radius 2 is 1.41 bits per heavy atom. The molecule has 0 bridgehead atoms. The maximum atomic E-state index is 8.65. The van der Waals surface area contributed by atoms with E-state index in [-0.39, 0.29) is 0 Å². The van der Waals surface area contributed by atoms with E-state index in [1.165, 1.54) is 62.7 Å². The van der Waals surface area contributed by atoms with Gasteiger partial charge in [0.25, 0.3) is 0 Å². The minimum absolute atomic E-state index is 0.364. The van der Waals surface area contributed by atoms with Gasteiger partial charge in [-0.2, -0.15) is 0 Å². The molecule has 0 aliphatic heterocycles. The van der Waals surface area contributed by atoms with Crippen LogP contribution in [0.2, 0.25) is 0 Å². The van der Waals surface area contributed by atoms with Gasteiger partial charge < -0.3 is 5.11 Å². The Morgan fingerprint density at radius 1 is 0.824 bits per heavy atom. The van der Waals surface area contributed by atoms with Crippen molar-refractivity contribution in [1.82, 2.24) is 0 Å². The van der Waals surface area contributed by atoms with E-state index in [0.29, 0.717) is 6.61 Å². The molecule has 0 aliphatic carbocycles. The predicted molar refractivity (Wildman–Crippen MR) is 76.7 cm³/mol. The second-order valence-corrected chi connectivity index (χ2v) is 5.77. The minimum Gasteiger partial charge on any atom is -0.396 e. The van der Waals surface area contributed by atoms with E-state index in [1.54, 1.807) is 0 Å². The van der Waals surface area contributed by atoms with Crippen molar-refractivity contribution in [3.05, 3.63) is 22.4 Å². The number of hydrogen-bond donors (Lipinski definition) is 1. The Kier molecular flexibility index (Phi) is 9.34. The highest BCUT2D eigenvalue weighted by Gasteiger charge is 1.95. The first kappa shape index (κ1) is 14.7. The number of thiophene rings is 1. The quantitative estimate of drug-likeness (QED) is 0.563. The van der Waals surface area contributed by atoms with Gasteiger partial charge in [0.1, 0.15) is 0 Å². The number of rotatable bonds is 11. The largest absolute Gasteiger partial charge is 0.396 e. The first-order valence-corrected chi connectivity index (χ1v) is 7.94. The Morgan fingerprint density at radius 3 is 1.94 bits per heavy atom. The average Bonchev–Trinajstić information content (AvgIpc) is 2.85. The molecule has 1 heterocycles. The van der Waals surface area contributed by atoms with Crippen molar-refractivity contribution in [2.75, 3.05) is 6.61 Å². The fourth-order valence-corrected chi connectivity index (χ4v) is 2.85. The molecular weight excluding hydrogens is 228 g/mol. The van der Waals surface area contributed by atoms with Crippen molar-refractivity contribution in [1.29, 1.82) is 0 Å². The molecule has 1 aromatic heterocycles. The molecule has 98 valence electrons. The molecule has 0 fully saturated rings. The van der Waals surface area contributed by atoms with E-state index in [0.717, 1.165) is 6.42 Å². The molecule has 0 atom stereocenters. The van der Waals surface area contributed by atoms with Gasteiger partial charge in [-0.3, -0.25) is 0 Å². The normalized spacial score (nSPS) is 10.9. The molecule has 2 heteroatoms. The third-order valence-corrected chi connectivity index (χ3v) is 4.10. The van der Waals surface area contributed by atoms with Crippen LogP contribution in [-0.4, -0.2) is 11.7 Å². The molecule has 0 amide bonds. The van der Waals surface area contributed by atoms with Crippen LogP contribution >= 0.6 is 11.3 Å². The fourth-order valence-electron chi connectivity index (χ4n) is 2.10. The number of aryl methyl sites for hydroxylation is 1. The lowest BCUT2D eigenvalue weighted by Gasteiger charge is -2.01. The molecule has 1 nitrogen and oxygen atoms in total. The van der Waals surface area contributed by atoms with Crippen molar-refractivity contribution < 1.29 is 5.11 Å². The summed E-state index contributed by atoms with van der Waals surface area (Å²) in [7, 11) is 0. The van der Waals surface area contributed by atoms with Crippen molar-refractivity contribution >= 4 is 11.3 Å². The van der Waals surface area contributed by atoms with E-state index in [9.17, 15) is 0 Å². The lowest BCUT2D eigenvalue weighted by molar-refractivity contribution is 0.282. The number of hydrogen-bond acceptors (Lipinski definition) is 2. The molecule has 17 heavy (non-hydrogen) atoms. The van der Waals surface area contributed by atoms with Gasteiger partial charge in [-0.25, -0.2) is 0 Å². The summed E-state index contributed by atoms with van der Waals surface area (Å²) in [6.07, 6.45) is 13.0. The van der Waals surface area contributed by atoms with Crippen LogP contribution in [0.5, 0.6) is 0 Å². The Balaban J connectivity index is 1.76. The van der Waals surface area contributed by atoms with Gasteiger partial charge in [0.2, 0.25) is 0 Å². The van der Waals surface area contributed by atoms with Crippen molar-refractivity contribution in [2.45, 2.75) is 64.2 Å².